The fourth-order valence-electron chi connectivity index (χ4n) is 2.52. The van der Waals surface area contributed by atoms with E-state index in [9.17, 15) is 0 Å². The van der Waals surface area contributed by atoms with E-state index in [1.165, 1.54) is 38.0 Å². The van der Waals surface area contributed by atoms with Crippen molar-refractivity contribution in [1.29, 1.82) is 0 Å². The molecule has 1 aliphatic heterocycles. The van der Waals surface area contributed by atoms with Gasteiger partial charge in [0.1, 0.15) is 0 Å². The molecule has 3 nitrogen and oxygen atoms in total. The third-order valence-electron chi connectivity index (χ3n) is 3.39. The van der Waals surface area contributed by atoms with Crippen LogP contribution in [0.2, 0.25) is 5.15 Å². The van der Waals surface area contributed by atoms with Crippen molar-refractivity contribution in [3.05, 3.63) is 29.2 Å². The molecule has 1 saturated heterocycles. The fraction of sp³-hybridized carbons (Fsp3) is 0.462. The first-order valence-corrected chi connectivity index (χ1v) is 6.55. The molecule has 98 valence electrons. The molecule has 1 fully saturated rings. The number of aromatic amines is 1. The summed E-state index contributed by atoms with van der Waals surface area (Å²) in [6.45, 7) is 3.41. The van der Waals surface area contributed by atoms with Crippen LogP contribution in [-0.2, 0) is 6.54 Å². The van der Waals surface area contributed by atoms with E-state index >= 15 is 0 Å². The monoisotopic (exact) mass is 285 g/mol. The number of aromatic nitrogens is 2. The summed E-state index contributed by atoms with van der Waals surface area (Å²) in [6.07, 6.45) is 5.77. The number of hydrogen-bond donors (Lipinski definition) is 1. The van der Waals surface area contributed by atoms with Crippen molar-refractivity contribution in [3.63, 3.8) is 0 Å². The highest BCUT2D eigenvalue weighted by Gasteiger charge is 2.12. The van der Waals surface area contributed by atoms with Crippen molar-refractivity contribution in [2.45, 2.75) is 25.8 Å². The number of nitrogens with zero attached hydrogens (tertiary/aromatic N) is 2. The summed E-state index contributed by atoms with van der Waals surface area (Å²) in [5.41, 5.74) is 2.19. The molecule has 0 unspecified atom stereocenters. The first kappa shape index (κ1) is 13.7. The van der Waals surface area contributed by atoms with E-state index in [2.05, 4.69) is 20.9 Å². The van der Waals surface area contributed by atoms with E-state index in [4.69, 9.17) is 11.6 Å². The van der Waals surface area contributed by atoms with E-state index in [0.717, 1.165) is 17.4 Å². The molecule has 0 bridgehead atoms. The highest BCUT2D eigenvalue weighted by Crippen LogP contribution is 2.22. The molecule has 3 heterocycles. The molecular weight excluding hydrogens is 269 g/mol. The standard InChI is InChI=1S/C13H16ClN3.ClH/c14-13-12-10(4-5-15-13)8-11(16-12)9-17-6-2-1-3-7-17;/h4-5,8,16H,1-3,6-7,9H2;1H. The molecule has 2 aromatic rings. The SMILES string of the molecule is Cl.Clc1nccc2cc(CN3CCCCC3)[nH]c12. The molecule has 0 saturated carbocycles. The van der Waals surface area contributed by atoms with Crippen molar-refractivity contribution in [3.8, 4) is 0 Å². The number of likely N-dealkylation sites (tertiary alicyclic amines) is 1. The molecule has 0 spiro atoms. The average molecular weight is 286 g/mol. The van der Waals surface area contributed by atoms with Crippen molar-refractivity contribution in [2.24, 2.45) is 0 Å². The van der Waals surface area contributed by atoms with Crippen LogP contribution in [0.15, 0.2) is 18.3 Å². The van der Waals surface area contributed by atoms with E-state index in [-0.39, 0.29) is 12.4 Å². The summed E-state index contributed by atoms with van der Waals surface area (Å²) in [4.78, 5) is 9.96. The topological polar surface area (TPSA) is 31.9 Å². The van der Waals surface area contributed by atoms with Crippen molar-refractivity contribution < 1.29 is 0 Å². The molecule has 2 aromatic heterocycles. The van der Waals surface area contributed by atoms with Crippen LogP contribution in [0, 0.1) is 0 Å². The van der Waals surface area contributed by atoms with Gasteiger partial charge < -0.3 is 4.98 Å². The number of halogens is 2. The molecule has 18 heavy (non-hydrogen) atoms. The second-order valence-electron chi connectivity index (χ2n) is 4.70. The van der Waals surface area contributed by atoms with Gasteiger partial charge in [-0.2, -0.15) is 0 Å². The largest absolute Gasteiger partial charge is 0.355 e. The Morgan fingerprint density at radius 3 is 2.78 bits per heavy atom. The number of hydrogen-bond acceptors (Lipinski definition) is 2. The molecular formula is C13H17Cl2N3. The fourth-order valence-corrected chi connectivity index (χ4v) is 2.73. The van der Waals surface area contributed by atoms with E-state index in [0.29, 0.717) is 5.15 Å². The van der Waals surface area contributed by atoms with Gasteiger partial charge in [0, 0.05) is 23.8 Å². The second kappa shape index (κ2) is 5.91. The lowest BCUT2D eigenvalue weighted by Gasteiger charge is -2.25. The highest BCUT2D eigenvalue weighted by atomic mass is 35.5. The van der Waals surface area contributed by atoms with Crippen LogP contribution < -0.4 is 0 Å². The Morgan fingerprint density at radius 2 is 2.06 bits per heavy atom. The van der Waals surface area contributed by atoms with Crippen LogP contribution in [-0.4, -0.2) is 28.0 Å². The third kappa shape index (κ3) is 2.79. The van der Waals surface area contributed by atoms with Crippen LogP contribution >= 0.6 is 24.0 Å². The number of piperidine rings is 1. The molecule has 0 amide bonds. The predicted molar refractivity (Wildman–Crippen MR) is 77.5 cm³/mol. The Labute approximate surface area is 118 Å². The maximum atomic E-state index is 6.06. The average Bonchev–Trinajstić information content (AvgIpc) is 2.74. The molecule has 1 N–H and O–H groups in total. The maximum absolute atomic E-state index is 6.06. The van der Waals surface area contributed by atoms with Gasteiger partial charge in [0.2, 0.25) is 0 Å². The summed E-state index contributed by atoms with van der Waals surface area (Å²) in [7, 11) is 0. The van der Waals surface area contributed by atoms with Gasteiger partial charge in [-0.05, 0) is 38.1 Å². The van der Waals surface area contributed by atoms with E-state index < -0.39 is 0 Å². The van der Waals surface area contributed by atoms with Gasteiger partial charge in [-0.1, -0.05) is 18.0 Å². The summed E-state index contributed by atoms with van der Waals surface area (Å²) in [6, 6.07) is 4.18. The van der Waals surface area contributed by atoms with Crippen LogP contribution in [0.1, 0.15) is 25.0 Å². The Kier molecular flexibility index (Phi) is 4.49. The van der Waals surface area contributed by atoms with Gasteiger partial charge >= 0.3 is 0 Å². The zero-order chi connectivity index (χ0) is 11.7. The normalized spacial score (nSPS) is 16.7. The lowest BCUT2D eigenvalue weighted by atomic mass is 10.1. The smallest absolute Gasteiger partial charge is 0.153 e. The molecule has 0 atom stereocenters. The van der Waals surface area contributed by atoms with E-state index in [1.807, 2.05) is 6.07 Å². The lowest BCUT2D eigenvalue weighted by Crippen LogP contribution is -2.29. The minimum Gasteiger partial charge on any atom is -0.355 e. The highest BCUT2D eigenvalue weighted by molar-refractivity contribution is 6.33. The minimum atomic E-state index is 0. The number of rotatable bonds is 2. The minimum absolute atomic E-state index is 0. The summed E-state index contributed by atoms with van der Waals surface area (Å²) in [5, 5.41) is 1.71. The third-order valence-corrected chi connectivity index (χ3v) is 3.68. The van der Waals surface area contributed by atoms with Gasteiger partial charge in [-0.3, -0.25) is 4.90 Å². The second-order valence-corrected chi connectivity index (χ2v) is 5.06. The molecule has 1 aliphatic rings. The van der Waals surface area contributed by atoms with Crippen LogP contribution in [0.5, 0.6) is 0 Å². The summed E-state index contributed by atoms with van der Waals surface area (Å²) >= 11 is 6.06. The quantitative estimate of drug-likeness (QED) is 0.855. The van der Waals surface area contributed by atoms with Gasteiger partial charge in [0.25, 0.3) is 0 Å². The Bertz CT molecular complexity index is 518. The Hall–Kier alpha value is -0.770. The number of nitrogens with one attached hydrogen (secondary N) is 1. The van der Waals surface area contributed by atoms with Crippen molar-refractivity contribution >= 4 is 34.9 Å². The van der Waals surface area contributed by atoms with Crippen molar-refractivity contribution in [1.82, 2.24) is 14.9 Å². The number of H-pyrrole nitrogens is 1. The first-order chi connectivity index (χ1) is 8.33. The molecule has 0 aromatic carbocycles. The summed E-state index contributed by atoms with van der Waals surface area (Å²) in [5.74, 6) is 0. The first-order valence-electron chi connectivity index (χ1n) is 6.17. The Balaban J connectivity index is 0.00000120. The van der Waals surface area contributed by atoms with Crippen LogP contribution in [0.4, 0.5) is 0 Å². The maximum Gasteiger partial charge on any atom is 0.153 e. The summed E-state index contributed by atoms with van der Waals surface area (Å²) < 4.78 is 0. The molecule has 0 radical (unpaired) electrons. The zero-order valence-electron chi connectivity index (χ0n) is 10.2. The van der Waals surface area contributed by atoms with Gasteiger partial charge in [-0.25, -0.2) is 4.98 Å². The molecule has 5 heteroatoms. The van der Waals surface area contributed by atoms with Gasteiger partial charge in [0.05, 0.1) is 5.52 Å². The molecule has 0 aliphatic carbocycles. The predicted octanol–water partition coefficient (Wildman–Crippen LogP) is 3.62. The number of fused-ring (bicyclic) bond motifs is 1. The Morgan fingerprint density at radius 1 is 1.28 bits per heavy atom. The van der Waals surface area contributed by atoms with Crippen LogP contribution in [0.25, 0.3) is 10.9 Å². The zero-order valence-corrected chi connectivity index (χ0v) is 11.7. The molecule has 3 rings (SSSR count). The number of pyridine rings is 1. The lowest BCUT2D eigenvalue weighted by molar-refractivity contribution is 0.219. The van der Waals surface area contributed by atoms with E-state index in [1.54, 1.807) is 6.20 Å². The van der Waals surface area contributed by atoms with Crippen molar-refractivity contribution in [2.75, 3.05) is 13.1 Å². The van der Waals surface area contributed by atoms with Crippen LogP contribution in [0.3, 0.4) is 0 Å². The van der Waals surface area contributed by atoms with Gasteiger partial charge in [0.15, 0.2) is 5.15 Å². The van der Waals surface area contributed by atoms with Gasteiger partial charge in [-0.15, -0.1) is 12.4 Å².